The Morgan fingerprint density at radius 3 is 2.91 bits per heavy atom. The van der Waals surface area contributed by atoms with E-state index in [1.165, 1.54) is 0 Å². The Kier molecular flexibility index (Phi) is 4.69. The molecule has 124 valence electrons. The highest BCUT2D eigenvalue weighted by atomic mass is 16.5. The molecule has 1 aliphatic heterocycles. The number of carbonyl (C=O) groups is 1. The summed E-state index contributed by atoms with van der Waals surface area (Å²) in [5, 5.41) is 3.08. The van der Waals surface area contributed by atoms with Gasteiger partial charge in [0.25, 0.3) is 0 Å². The molecule has 1 aromatic heterocycles. The lowest BCUT2D eigenvalue weighted by Gasteiger charge is -2.22. The Labute approximate surface area is 137 Å². The lowest BCUT2D eigenvalue weighted by molar-refractivity contribution is 0.184. The first-order chi connectivity index (χ1) is 11.1. The molecular formula is C17H24N4O2. The summed E-state index contributed by atoms with van der Waals surface area (Å²) in [5.41, 5.74) is 0. The van der Waals surface area contributed by atoms with Gasteiger partial charge in [0.1, 0.15) is 6.10 Å². The second-order valence-electron chi connectivity index (χ2n) is 6.28. The van der Waals surface area contributed by atoms with Crippen LogP contribution in [-0.2, 0) is 0 Å². The van der Waals surface area contributed by atoms with Crippen LogP contribution in [0.4, 0.5) is 10.6 Å². The summed E-state index contributed by atoms with van der Waals surface area (Å²) in [6.07, 6.45) is 8.72. The number of likely N-dealkylation sites (tertiary alicyclic amines) is 1. The van der Waals surface area contributed by atoms with Crippen LogP contribution in [-0.4, -0.2) is 55.2 Å². The minimum Gasteiger partial charge on any atom is -0.485 e. The van der Waals surface area contributed by atoms with Crippen LogP contribution in [0.1, 0.15) is 19.3 Å². The fourth-order valence-electron chi connectivity index (χ4n) is 3.00. The summed E-state index contributed by atoms with van der Waals surface area (Å²) >= 11 is 0. The second kappa shape index (κ2) is 6.89. The van der Waals surface area contributed by atoms with Gasteiger partial charge in [0.05, 0.1) is 6.54 Å². The van der Waals surface area contributed by atoms with Gasteiger partial charge in [-0.15, -0.1) is 0 Å². The van der Waals surface area contributed by atoms with Gasteiger partial charge in [-0.05, 0) is 25.0 Å². The summed E-state index contributed by atoms with van der Waals surface area (Å²) in [4.78, 5) is 20.4. The van der Waals surface area contributed by atoms with Crippen LogP contribution < -0.4 is 15.0 Å². The maximum absolute atomic E-state index is 12.3. The average molecular weight is 316 g/mol. The number of carbonyl (C=O) groups excluding carboxylic acids is 1. The molecule has 2 aliphatic rings. The molecule has 0 bridgehead atoms. The van der Waals surface area contributed by atoms with Crippen LogP contribution in [0.15, 0.2) is 30.5 Å². The minimum atomic E-state index is 0.0174. The van der Waals surface area contributed by atoms with Crippen molar-refractivity contribution in [1.82, 2.24) is 15.2 Å². The summed E-state index contributed by atoms with van der Waals surface area (Å²) in [5.74, 6) is 1.58. The predicted molar refractivity (Wildman–Crippen MR) is 89.9 cm³/mol. The number of hydrogen-bond donors (Lipinski definition) is 1. The molecule has 0 spiro atoms. The Morgan fingerprint density at radius 2 is 2.17 bits per heavy atom. The highest BCUT2D eigenvalue weighted by Crippen LogP contribution is 2.26. The third-order valence-electron chi connectivity index (χ3n) is 4.24. The van der Waals surface area contributed by atoms with Crippen molar-refractivity contribution in [2.45, 2.75) is 31.4 Å². The van der Waals surface area contributed by atoms with Crippen molar-refractivity contribution < 1.29 is 9.53 Å². The smallest absolute Gasteiger partial charge is 0.317 e. The quantitative estimate of drug-likeness (QED) is 0.864. The number of amides is 2. The largest absolute Gasteiger partial charge is 0.485 e. The molecular weight excluding hydrogens is 292 g/mol. The number of aromatic nitrogens is 1. The number of ether oxygens (including phenoxy) is 1. The van der Waals surface area contributed by atoms with Gasteiger partial charge in [-0.1, -0.05) is 12.2 Å². The van der Waals surface area contributed by atoms with E-state index >= 15 is 0 Å². The zero-order valence-electron chi connectivity index (χ0n) is 13.7. The number of nitrogens with zero attached hydrogens (tertiary/aromatic N) is 3. The van der Waals surface area contributed by atoms with Crippen LogP contribution >= 0.6 is 0 Å². The third-order valence-corrected chi connectivity index (χ3v) is 4.24. The van der Waals surface area contributed by atoms with Gasteiger partial charge in [-0.2, -0.15) is 0 Å². The number of pyridine rings is 1. The van der Waals surface area contributed by atoms with E-state index in [0.29, 0.717) is 6.54 Å². The molecule has 2 amide bonds. The maximum atomic E-state index is 12.3. The van der Waals surface area contributed by atoms with E-state index < -0.39 is 0 Å². The normalized spacial score (nSPS) is 20.8. The monoisotopic (exact) mass is 316 g/mol. The number of rotatable bonds is 4. The molecule has 1 saturated heterocycles. The Bertz CT molecular complexity index is 580. The van der Waals surface area contributed by atoms with Crippen molar-refractivity contribution in [3.05, 3.63) is 30.5 Å². The summed E-state index contributed by atoms with van der Waals surface area (Å²) < 4.78 is 6.08. The molecule has 23 heavy (non-hydrogen) atoms. The second-order valence-corrected chi connectivity index (χ2v) is 6.28. The molecule has 2 heterocycles. The summed E-state index contributed by atoms with van der Waals surface area (Å²) in [6, 6.07) is 4.06. The van der Waals surface area contributed by atoms with E-state index in [9.17, 15) is 4.79 Å². The van der Waals surface area contributed by atoms with Gasteiger partial charge in [0, 0.05) is 39.3 Å². The van der Waals surface area contributed by atoms with Crippen LogP contribution in [0.25, 0.3) is 0 Å². The molecule has 1 N–H and O–H groups in total. The third kappa shape index (κ3) is 3.75. The topological polar surface area (TPSA) is 57.7 Å². The minimum absolute atomic E-state index is 0.0174. The van der Waals surface area contributed by atoms with Crippen molar-refractivity contribution >= 4 is 11.8 Å². The standard InChI is InChI=1S/C17H24N4O2/c1-20(2)16-15(8-5-10-18-16)23-14-9-11-21(12-14)17(22)19-13-6-3-4-7-13/h3-5,8,10,13-14H,6-7,9,11-12H2,1-2H3,(H,19,22)/t14-/m1/s1. The first kappa shape index (κ1) is 15.6. The number of nitrogens with one attached hydrogen (secondary N) is 1. The van der Waals surface area contributed by atoms with Gasteiger partial charge in [0.2, 0.25) is 0 Å². The van der Waals surface area contributed by atoms with Crippen LogP contribution in [0.2, 0.25) is 0 Å². The van der Waals surface area contributed by atoms with Crippen LogP contribution in [0.3, 0.4) is 0 Å². The SMILES string of the molecule is CN(C)c1ncccc1O[C@@H]1CCN(C(=O)NC2CC=CC2)C1. The molecule has 0 saturated carbocycles. The molecule has 6 heteroatoms. The molecule has 1 atom stereocenters. The fourth-order valence-corrected chi connectivity index (χ4v) is 3.00. The lowest BCUT2D eigenvalue weighted by Crippen LogP contribution is -2.43. The van der Waals surface area contributed by atoms with Gasteiger partial charge in [0.15, 0.2) is 11.6 Å². The summed E-state index contributed by atoms with van der Waals surface area (Å²) in [7, 11) is 3.89. The van der Waals surface area contributed by atoms with Crippen LogP contribution in [0, 0.1) is 0 Å². The van der Waals surface area contributed by atoms with E-state index in [4.69, 9.17) is 4.74 Å². The highest BCUT2D eigenvalue weighted by molar-refractivity contribution is 5.75. The molecule has 0 aromatic carbocycles. The molecule has 1 aliphatic carbocycles. The molecule has 6 nitrogen and oxygen atoms in total. The predicted octanol–water partition coefficient (Wildman–Crippen LogP) is 2.03. The Hall–Kier alpha value is -2.24. The maximum Gasteiger partial charge on any atom is 0.317 e. The van der Waals surface area contributed by atoms with E-state index in [2.05, 4.69) is 22.5 Å². The van der Waals surface area contributed by atoms with Crippen molar-refractivity contribution in [3.8, 4) is 5.75 Å². The Balaban J connectivity index is 1.54. The van der Waals surface area contributed by atoms with E-state index in [1.54, 1.807) is 6.20 Å². The van der Waals surface area contributed by atoms with Crippen molar-refractivity contribution in [3.63, 3.8) is 0 Å². The van der Waals surface area contributed by atoms with Crippen molar-refractivity contribution in [2.24, 2.45) is 0 Å². The first-order valence-electron chi connectivity index (χ1n) is 8.13. The lowest BCUT2D eigenvalue weighted by atomic mass is 10.2. The summed E-state index contributed by atoms with van der Waals surface area (Å²) in [6.45, 7) is 1.35. The number of anilines is 1. The molecule has 1 aromatic rings. The van der Waals surface area contributed by atoms with Gasteiger partial charge < -0.3 is 19.9 Å². The van der Waals surface area contributed by atoms with Gasteiger partial charge in [-0.3, -0.25) is 0 Å². The zero-order chi connectivity index (χ0) is 16.2. The fraction of sp³-hybridized carbons (Fsp3) is 0.529. The van der Waals surface area contributed by atoms with Gasteiger partial charge >= 0.3 is 6.03 Å². The van der Waals surface area contributed by atoms with E-state index in [0.717, 1.165) is 37.4 Å². The van der Waals surface area contributed by atoms with Gasteiger partial charge in [-0.25, -0.2) is 9.78 Å². The number of urea groups is 1. The van der Waals surface area contributed by atoms with Crippen molar-refractivity contribution in [2.75, 3.05) is 32.1 Å². The molecule has 1 fully saturated rings. The van der Waals surface area contributed by atoms with E-state index in [1.807, 2.05) is 36.0 Å². The van der Waals surface area contributed by atoms with E-state index in [-0.39, 0.29) is 18.2 Å². The molecule has 0 unspecified atom stereocenters. The molecule has 0 radical (unpaired) electrons. The first-order valence-corrected chi connectivity index (χ1v) is 8.13. The molecule has 3 rings (SSSR count). The van der Waals surface area contributed by atoms with Crippen LogP contribution in [0.5, 0.6) is 5.75 Å². The van der Waals surface area contributed by atoms with Crippen molar-refractivity contribution in [1.29, 1.82) is 0 Å². The Morgan fingerprint density at radius 1 is 1.39 bits per heavy atom. The average Bonchev–Trinajstić information content (AvgIpc) is 3.19. The zero-order valence-corrected chi connectivity index (χ0v) is 13.7. The number of hydrogen-bond acceptors (Lipinski definition) is 4. The highest BCUT2D eigenvalue weighted by Gasteiger charge is 2.29.